The van der Waals surface area contributed by atoms with E-state index >= 15 is 0 Å². The van der Waals surface area contributed by atoms with E-state index in [-0.39, 0.29) is 12.1 Å². The first kappa shape index (κ1) is 16.9. The van der Waals surface area contributed by atoms with E-state index in [9.17, 15) is 9.90 Å². The number of carbonyl (C=O) groups is 1. The third-order valence-electron chi connectivity index (χ3n) is 5.28. The summed E-state index contributed by atoms with van der Waals surface area (Å²) in [5, 5.41) is 15.6. The van der Waals surface area contributed by atoms with Crippen LogP contribution in [0.3, 0.4) is 0 Å². The number of ether oxygens (including phenoxy) is 1. The molecule has 4 nitrogen and oxygen atoms in total. The van der Waals surface area contributed by atoms with Crippen molar-refractivity contribution in [3.63, 3.8) is 0 Å². The SMILES string of the molecule is CCOC(=O)N1CCC[C@H]1[C@@H](O)c1cc2ccccc2c2ccccc12. The lowest BCUT2D eigenvalue weighted by Gasteiger charge is -2.29. The van der Waals surface area contributed by atoms with E-state index < -0.39 is 6.10 Å². The highest BCUT2D eigenvalue weighted by molar-refractivity contribution is 6.09. The monoisotopic (exact) mass is 349 g/mol. The third kappa shape index (κ3) is 2.80. The van der Waals surface area contributed by atoms with Gasteiger partial charge in [-0.25, -0.2) is 4.79 Å². The van der Waals surface area contributed by atoms with Crippen molar-refractivity contribution in [2.45, 2.75) is 31.9 Å². The maximum absolute atomic E-state index is 12.3. The van der Waals surface area contributed by atoms with Gasteiger partial charge in [-0.1, -0.05) is 48.5 Å². The van der Waals surface area contributed by atoms with Crippen molar-refractivity contribution in [2.24, 2.45) is 0 Å². The van der Waals surface area contributed by atoms with Crippen molar-refractivity contribution in [1.29, 1.82) is 0 Å². The largest absolute Gasteiger partial charge is 0.450 e. The molecule has 0 aliphatic carbocycles. The van der Waals surface area contributed by atoms with E-state index in [1.165, 1.54) is 5.39 Å². The number of fused-ring (bicyclic) bond motifs is 3. The highest BCUT2D eigenvalue weighted by Crippen LogP contribution is 2.37. The molecule has 26 heavy (non-hydrogen) atoms. The number of rotatable bonds is 3. The van der Waals surface area contributed by atoms with Crippen molar-refractivity contribution in [1.82, 2.24) is 4.90 Å². The molecule has 1 heterocycles. The van der Waals surface area contributed by atoms with Crippen LogP contribution in [0.15, 0.2) is 54.6 Å². The highest BCUT2D eigenvalue weighted by Gasteiger charge is 2.36. The van der Waals surface area contributed by atoms with Gasteiger partial charge in [-0.15, -0.1) is 0 Å². The Morgan fingerprint density at radius 2 is 1.85 bits per heavy atom. The molecule has 4 rings (SSSR count). The van der Waals surface area contributed by atoms with Gasteiger partial charge in [-0.3, -0.25) is 0 Å². The number of hydrogen-bond acceptors (Lipinski definition) is 3. The summed E-state index contributed by atoms with van der Waals surface area (Å²) in [7, 11) is 0. The summed E-state index contributed by atoms with van der Waals surface area (Å²) in [4.78, 5) is 13.9. The Balaban J connectivity index is 1.81. The van der Waals surface area contributed by atoms with Crippen molar-refractivity contribution in [2.75, 3.05) is 13.2 Å². The van der Waals surface area contributed by atoms with Crippen LogP contribution in [0.1, 0.15) is 31.4 Å². The molecule has 3 aromatic rings. The van der Waals surface area contributed by atoms with Gasteiger partial charge in [0.25, 0.3) is 0 Å². The van der Waals surface area contributed by atoms with Crippen LogP contribution in [0.5, 0.6) is 0 Å². The molecule has 1 aliphatic heterocycles. The van der Waals surface area contributed by atoms with Crippen LogP contribution in [0.2, 0.25) is 0 Å². The van der Waals surface area contributed by atoms with Crippen LogP contribution in [-0.4, -0.2) is 35.3 Å². The minimum atomic E-state index is -0.739. The smallest absolute Gasteiger partial charge is 0.410 e. The summed E-state index contributed by atoms with van der Waals surface area (Å²) >= 11 is 0. The van der Waals surface area contributed by atoms with Crippen LogP contribution >= 0.6 is 0 Å². The lowest BCUT2D eigenvalue weighted by molar-refractivity contribution is 0.0535. The van der Waals surface area contributed by atoms with E-state index in [2.05, 4.69) is 24.3 Å². The molecule has 0 aromatic heterocycles. The molecule has 0 saturated carbocycles. The number of aliphatic hydroxyl groups excluding tert-OH is 1. The maximum atomic E-state index is 12.3. The van der Waals surface area contributed by atoms with Crippen LogP contribution < -0.4 is 0 Å². The first-order valence-corrected chi connectivity index (χ1v) is 9.22. The summed E-state index contributed by atoms with van der Waals surface area (Å²) < 4.78 is 5.18. The van der Waals surface area contributed by atoms with Crippen LogP contribution in [0, 0.1) is 0 Å². The third-order valence-corrected chi connectivity index (χ3v) is 5.28. The molecule has 0 unspecified atom stereocenters. The Hall–Kier alpha value is -2.59. The standard InChI is InChI=1S/C22H23NO3/c1-2-26-22(25)23-13-7-12-20(23)21(24)19-14-15-8-3-4-9-16(15)17-10-5-6-11-18(17)19/h3-6,8-11,14,20-21,24H,2,7,12-13H2,1H3/t20-,21-/m0/s1. The normalized spacial score (nSPS) is 18.4. The van der Waals surface area contributed by atoms with E-state index in [1.54, 1.807) is 11.8 Å². The van der Waals surface area contributed by atoms with Crippen LogP contribution in [0.25, 0.3) is 21.5 Å². The summed E-state index contributed by atoms with van der Waals surface area (Å²) in [6, 6.07) is 18.2. The van der Waals surface area contributed by atoms with Gasteiger partial charge in [0, 0.05) is 6.54 Å². The average molecular weight is 349 g/mol. The Bertz CT molecular complexity index is 952. The van der Waals surface area contributed by atoms with Crippen molar-refractivity contribution >= 4 is 27.6 Å². The molecule has 4 heteroatoms. The summed E-state index contributed by atoms with van der Waals surface area (Å²) in [5.74, 6) is 0. The zero-order valence-corrected chi connectivity index (χ0v) is 14.9. The minimum Gasteiger partial charge on any atom is -0.450 e. The Labute approximate surface area is 153 Å². The van der Waals surface area contributed by atoms with Crippen molar-refractivity contribution < 1.29 is 14.6 Å². The van der Waals surface area contributed by atoms with Gasteiger partial charge in [-0.2, -0.15) is 0 Å². The van der Waals surface area contributed by atoms with E-state index in [0.29, 0.717) is 13.2 Å². The molecule has 1 fully saturated rings. The highest BCUT2D eigenvalue weighted by atomic mass is 16.6. The quantitative estimate of drug-likeness (QED) is 0.700. The number of aliphatic hydroxyl groups is 1. The summed E-state index contributed by atoms with van der Waals surface area (Å²) in [5.41, 5.74) is 0.875. The predicted octanol–water partition coefficient (Wildman–Crippen LogP) is 4.65. The van der Waals surface area contributed by atoms with Gasteiger partial charge in [0.05, 0.1) is 12.6 Å². The molecule has 1 N–H and O–H groups in total. The zero-order valence-electron chi connectivity index (χ0n) is 14.9. The fourth-order valence-electron chi connectivity index (χ4n) is 4.09. The molecule has 0 bridgehead atoms. The molecule has 3 aromatic carbocycles. The molecule has 0 spiro atoms. The molecule has 1 aliphatic rings. The predicted molar refractivity (Wildman–Crippen MR) is 103 cm³/mol. The van der Waals surface area contributed by atoms with Crippen molar-refractivity contribution in [3.05, 3.63) is 60.2 Å². The van der Waals surface area contributed by atoms with E-state index in [4.69, 9.17) is 4.74 Å². The first-order valence-electron chi connectivity index (χ1n) is 9.22. The van der Waals surface area contributed by atoms with Gasteiger partial charge in [0.15, 0.2) is 0 Å². The zero-order chi connectivity index (χ0) is 18.1. The second kappa shape index (κ2) is 6.96. The summed E-state index contributed by atoms with van der Waals surface area (Å²) in [6.45, 7) is 2.78. The molecule has 0 radical (unpaired) electrons. The fourth-order valence-corrected chi connectivity index (χ4v) is 4.09. The minimum absolute atomic E-state index is 0.251. The lowest BCUT2D eigenvalue weighted by Crippen LogP contribution is -2.39. The Kier molecular flexibility index (Phi) is 4.51. The van der Waals surface area contributed by atoms with Crippen LogP contribution in [-0.2, 0) is 4.74 Å². The number of nitrogens with zero attached hydrogens (tertiary/aromatic N) is 1. The van der Waals surface area contributed by atoms with E-state index in [0.717, 1.165) is 34.6 Å². The van der Waals surface area contributed by atoms with Gasteiger partial charge in [0.2, 0.25) is 0 Å². The number of carbonyl (C=O) groups excluding carboxylic acids is 1. The molecule has 1 amide bonds. The second-order valence-electron chi connectivity index (χ2n) is 6.78. The van der Waals surface area contributed by atoms with Gasteiger partial charge in [0.1, 0.15) is 6.10 Å². The fraction of sp³-hybridized carbons (Fsp3) is 0.318. The maximum Gasteiger partial charge on any atom is 0.410 e. The Morgan fingerprint density at radius 3 is 2.62 bits per heavy atom. The van der Waals surface area contributed by atoms with Gasteiger partial charge >= 0.3 is 6.09 Å². The summed E-state index contributed by atoms with van der Waals surface area (Å²) in [6.07, 6.45) is 0.586. The average Bonchev–Trinajstić information content (AvgIpc) is 3.17. The molecular weight excluding hydrogens is 326 g/mol. The first-order chi connectivity index (χ1) is 12.7. The molecule has 2 atom stereocenters. The number of amides is 1. The topological polar surface area (TPSA) is 49.8 Å². The van der Waals surface area contributed by atoms with E-state index in [1.807, 2.05) is 30.3 Å². The van der Waals surface area contributed by atoms with Gasteiger partial charge in [-0.05, 0) is 52.9 Å². The van der Waals surface area contributed by atoms with Crippen LogP contribution in [0.4, 0.5) is 4.79 Å². The van der Waals surface area contributed by atoms with Gasteiger partial charge < -0.3 is 14.7 Å². The van der Waals surface area contributed by atoms with Crippen molar-refractivity contribution in [3.8, 4) is 0 Å². The molecular formula is C22H23NO3. The number of likely N-dealkylation sites (tertiary alicyclic amines) is 1. The Morgan fingerprint density at radius 1 is 1.15 bits per heavy atom. The molecule has 1 saturated heterocycles. The second-order valence-corrected chi connectivity index (χ2v) is 6.78. The number of benzene rings is 3. The number of hydrogen-bond donors (Lipinski definition) is 1. The lowest BCUT2D eigenvalue weighted by atomic mass is 9.91. The molecule has 134 valence electrons.